The van der Waals surface area contributed by atoms with Gasteiger partial charge in [-0.3, -0.25) is 9.79 Å². The highest BCUT2D eigenvalue weighted by molar-refractivity contribution is 6.31. The summed E-state index contributed by atoms with van der Waals surface area (Å²) >= 11 is 5.86. The van der Waals surface area contributed by atoms with Gasteiger partial charge in [-0.05, 0) is 81.0 Å². The van der Waals surface area contributed by atoms with Gasteiger partial charge in [0.2, 0.25) is 0 Å². The van der Waals surface area contributed by atoms with Crippen LogP contribution < -0.4 is 21.9 Å². The molecule has 1 heterocycles. The number of carbonyl (C=O) groups excluding carboxylic acids is 1. The van der Waals surface area contributed by atoms with Gasteiger partial charge >= 0.3 is 0 Å². The number of carbonyl (C=O) groups is 1. The van der Waals surface area contributed by atoms with Crippen LogP contribution in [0.4, 0.5) is 11.6 Å². The lowest BCUT2D eigenvalue weighted by molar-refractivity contribution is 0.0996. The van der Waals surface area contributed by atoms with Crippen LogP contribution in [-0.2, 0) is 19.3 Å². The summed E-state index contributed by atoms with van der Waals surface area (Å²) < 4.78 is 6.10. The summed E-state index contributed by atoms with van der Waals surface area (Å²) in [5, 5.41) is 8.13. The number of nitrogens with zero attached hydrogens (tertiary/aromatic N) is 3. The third-order valence-corrected chi connectivity index (χ3v) is 6.76. The second-order valence-corrected chi connectivity index (χ2v) is 9.87. The van der Waals surface area contributed by atoms with Gasteiger partial charge in [0.25, 0.3) is 0 Å². The summed E-state index contributed by atoms with van der Waals surface area (Å²) in [6, 6.07) is 4.34. The number of unbranched alkanes of at least 4 members (excludes halogenated alkanes) is 2. The monoisotopic (exact) mass is 527 g/mol. The van der Waals surface area contributed by atoms with Crippen LogP contribution in [0.3, 0.4) is 0 Å². The van der Waals surface area contributed by atoms with Crippen LogP contribution in [0.2, 0.25) is 5.15 Å². The largest absolute Gasteiger partial charge is 0.493 e. The van der Waals surface area contributed by atoms with E-state index in [-0.39, 0.29) is 34.7 Å². The van der Waals surface area contributed by atoms with Gasteiger partial charge in [-0.25, -0.2) is 9.97 Å². The molecule has 0 spiro atoms. The summed E-state index contributed by atoms with van der Waals surface area (Å²) in [5.41, 5.74) is 21.5. The Labute approximate surface area is 223 Å². The Morgan fingerprint density at radius 3 is 2.59 bits per heavy atom. The molecular weight excluding hydrogens is 490 g/mol. The minimum absolute atomic E-state index is 0.0159. The molecule has 1 aromatic carbocycles. The molecule has 0 aliphatic heterocycles. The summed E-state index contributed by atoms with van der Waals surface area (Å²) in [4.78, 5) is 24.4. The topological polar surface area (TPSA) is 166 Å². The second-order valence-electron chi connectivity index (χ2n) is 9.51. The first-order chi connectivity index (χ1) is 17.8. The molecule has 37 heavy (non-hydrogen) atoms. The summed E-state index contributed by atoms with van der Waals surface area (Å²) in [7, 11) is 0. The standard InChI is InChI=1S/C27H38ClN7O2/c1-17(29)33-14-7-15-37-23-13-12-18(20-10-5-6-11-21(20)23)8-3-2-4-9-19(30)16-22(36)24-26(31)35-27(32)25(28)34-24/h12-13,30H,2-11,14-16H2,1H3,(H2,29,33)(H4,31,32,35). The van der Waals surface area contributed by atoms with Crippen molar-refractivity contribution in [2.24, 2.45) is 10.7 Å². The Morgan fingerprint density at radius 1 is 1.08 bits per heavy atom. The number of Topliss-reactive ketones (excluding diaryl/α,β-unsaturated/α-hetero) is 1. The van der Waals surface area contributed by atoms with Gasteiger partial charge in [0.05, 0.1) is 18.9 Å². The Kier molecular flexibility index (Phi) is 10.7. The number of halogens is 1. The Morgan fingerprint density at radius 2 is 1.84 bits per heavy atom. The van der Waals surface area contributed by atoms with Crippen LogP contribution >= 0.6 is 11.6 Å². The number of anilines is 2. The van der Waals surface area contributed by atoms with E-state index in [1.807, 2.05) is 0 Å². The van der Waals surface area contributed by atoms with Crippen molar-refractivity contribution in [1.29, 1.82) is 5.41 Å². The molecule has 0 saturated heterocycles. The van der Waals surface area contributed by atoms with E-state index in [1.54, 1.807) is 6.92 Å². The predicted molar refractivity (Wildman–Crippen MR) is 150 cm³/mol. The zero-order valence-corrected chi connectivity index (χ0v) is 22.4. The molecule has 0 amide bonds. The summed E-state index contributed by atoms with van der Waals surface area (Å²) in [5.74, 6) is 1.18. The predicted octanol–water partition coefficient (Wildman–Crippen LogP) is 4.71. The molecule has 3 rings (SSSR count). The van der Waals surface area contributed by atoms with E-state index in [2.05, 4.69) is 27.1 Å². The molecule has 10 heteroatoms. The lowest BCUT2D eigenvalue weighted by Crippen LogP contribution is -2.14. The average molecular weight is 528 g/mol. The molecule has 0 unspecified atom stereocenters. The van der Waals surface area contributed by atoms with Crippen LogP contribution in [0.1, 0.15) is 85.5 Å². The fourth-order valence-electron chi connectivity index (χ4n) is 4.62. The lowest BCUT2D eigenvalue weighted by atomic mass is 9.86. The number of hydrogen-bond acceptors (Lipinski definition) is 8. The van der Waals surface area contributed by atoms with Crippen molar-refractivity contribution in [1.82, 2.24) is 9.97 Å². The van der Waals surface area contributed by atoms with Crippen molar-refractivity contribution in [3.05, 3.63) is 39.7 Å². The van der Waals surface area contributed by atoms with E-state index in [1.165, 1.54) is 29.5 Å². The highest BCUT2D eigenvalue weighted by atomic mass is 35.5. The first kappa shape index (κ1) is 28.4. The van der Waals surface area contributed by atoms with E-state index in [0.29, 0.717) is 31.1 Å². The molecule has 0 fully saturated rings. The first-order valence-corrected chi connectivity index (χ1v) is 13.3. The molecule has 1 aliphatic carbocycles. The van der Waals surface area contributed by atoms with Crippen LogP contribution in [-0.4, -0.2) is 40.5 Å². The Bertz CT molecular complexity index is 1150. The van der Waals surface area contributed by atoms with Gasteiger partial charge in [-0.2, -0.15) is 0 Å². The number of ether oxygens (including phenoxy) is 1. The third-order valence-electron chi connectivity index (χ3n) is 6.48. The number of aryl methyl sites for hydroxylation is 1. The highest BCUT2D eigenvalue weighted by Crippen LogP contribution is 2.33. The van der Waals surface area contributed by atoms with Gasteiger partial charge < -0.3 is 27.3 Å². The van der Waals surface area contributed by atoms with Gasteiger partial charge in [0, 0.05) is 18.7 Å². The van der Waals surface area contributed by atoms with Crippen molar-refractivity contribution in [3.8, 4) is 5.75 Å². The summed E-state index contributed by atoms with van der Waals surface area (Å²) in [6.45, 7) is 3.13. The number of nitrogen functional groups attached to an aromatic ring is 2. The molecule has 0 bridgehead atoms. The molecule has 9 nitrogen and oxygen atoms in total. The SMILES string of the molecule is CC(N)=NCCCOc1ccc(CCCCCC(=N)CC(=O)c2nc(Cl)c(N)nc2N)c2c1CCCC2. The number of hydrogen-bond donors (Lipinski definition) is 4. The van der Waals surface area contributed by atoms with E-state index in [4.69, 9.17) is 38.9 Å². The van der Waals surface area contributed by atoms with E-state index >= 15 is 0 Å². The zero-order valence-electron chi connectivity index (χ0n) is 21.6. The average Bonchev–Trinajstić information content (AvgIpc) is 2.86. The van der Waals surface area contributed by atoms with Crippen LogP contribution in [0.5, 0.6) is 5.75 Å². The van der Waals surface area contributed by atoms with Crippen molar-refractivity contribution >= 4 is 40.6 Å². The van der Waals surface area contributed by atoms with Gasteiger partial charge in [0.15, 0.2) is 28.3 Å². The quantitative estimate of drug-likeness (QED) is 0.119. The van der Waals surface area contributed by atoms with Crippen LogP contribution in [0.15, 0.2) is 17.1 Å². The minimum Gasteiger partial charge on any atom is -0.493 e. The molecule has 7 N–H and O–H groups in total. The van der Waals surface area contributed by atoms with E-state index < -0.39 is 0 Å². The molecule has 1 aromatic heterocycles. The maximum absolute atomic E-state index is 12.5. The number of nitrogens with two attached hydrogens (primary N) is 3. The minimum atomic E-state index is -0.368. The Balaban J connectivity index is 1.44. The van der Waals surface area contributed by atoms with E-state index in [0.717, 1.165) is 50.7 Å². The number of nitrogens with one attached hydrogen (secondary N) is 1. The maximum Gasteiger partial charge on any atom is 0.190 e. The molecule has 200 valence electrons. The van der Waals surface area contributed by atoms with Crippen LogP contribution in [0, 0.1) is 5.41 Å². The fourth-order valence-corrected chi connectivity index (χ4v) is 4.75. The molecule has 2 aromatic rings. The van der Waals surface area contributed by atoms with Gasteiger partial charge in [-0.1, -0.05) is 24.1 Å². The van der Waals surface area contributed by atoms with Crippen molar-refractivity contribution in [2.45, 2.75) is 77.6 Å². The molecular formula is C27H38ClN7O2. The van der Waals surface area contributed by atoms with E-state index in [9.17, 15) is 4.79 Å². The number of aromatic nitrogens is 2. The molecule has 0 atom stereocenters. The zero-order chi connectivity index (χ0) is 26.8. The second kappa shape index (κ2) is 13.9. The number of ketones is 1. The van der Waals surface area contributed by atoms with Gasteiger partial charge in [0.1, 0.15) is 5.75 Å². The first-order valence-electron chi connectivity index (χ1n) is 13.0. The summed E-state index contributed by atoms with van der Waals surface area (Å²) in [6.07, 6.45) is 9.82. The lowest BCUT2D eigenvalue weighted by Gasteiger charge is -2.23. The van der Waals surface area contributed by atoms with Crippen molar-refractivity contribution < 1.29 is 9.53 Å². The number of aliphatic imine (C=N–C) groups is 1. The third kappa shape index (κ3) is 8.42. The molecule has 0 saturated carbocycles. The maximum atomic E-state index is 12.5. The molecule has 0 radical (unpaired) electrons. The number of fused-ring (bicyclic) bond motifs is 1. The highest BCUT2D eigenvalue weighted by Gasteiger charge is 2.19. The molecule has 1 aliphatic rings. The Hall–Kier alpha value is -3.20. The number of benzene rings is 1. The normalized spacial score (nSPS) is 13.3. The number of amidine groups is 1. The van der Waals surface area contributed by atoms with Crippen LogP contribution in [0.25, 0.3) is 0 Å². The smallest absolute Gasteiger partial charge is 0.190 e. The van der Waals surface area contributed by atoms with Crippen molar-refractivity contribution in [3.63, 3.8) is 0 Å². The fraction of sp³-hybridized carbons (Fsp3) is 0.519. The number of rotatable bonds is 14. The van der Waals surface area contributed by atoms with Gasteiger partial charge in [-0.15, -0.1) is 0 Å². The van der Waals surface area contributed by atoms with Crippen molar-refractivity contribution in [2.75, 3.05) is 24.6 Å².